The smallest absolute Gasteiger partial charge is 0.270 e. The zero-order valence-electron chi connectivity index (χ0n) is 13.4. The van der Waals surface area contributed by atoms with E-state index >= 15 is 0 Å². The number of imidazole rings is 1. The summed E-state index contributed by atoms with van der Waals surface area (Å²) in [4.78, 5) is 20.5. The van der Waals surface area contributed by atoms with Crippen LogP contribution in [-0.2, 0) is 20.0 Å². The van der Waals surface area contributed by atoms with Crippen molar-refractivity contribution in [2.45, 2.75) is 13.0 Å². The van der Waals surface area contributed by atoms with Gasteiger partial charge in [0.15, 0.2) is 0 Å². The summed E-state index contributed by atoms with van der Waals surface area (Å²) in [7, 11) is 1.87. The lowest BCUT2D eigenvalue weighted by atomic mass is 10.3. The van der Waals surface area contributed by atoms with E-state index in [0.717, 1.165) is 16.3 Å². The predicted molar refractivity (Wildman–Crippen MR) is 101 cm³/mol. The van der Waals surface area contributed by atoms with E-state index in [-0.39, 0.29) is 36.5 Å². The summed E-state index contributed by atoms with van der Waals surface area (Å²) in [6.07, 6.45) is 0.548. The minimum Gasteiger partial charge on any atom is -0.350 e. The highest BCUT2D eigenvalue weighted by atomic mass is 35.5. The van der Waals surface area contributed by atoms with Gasteiger partial charge in [-0.3, -0.25) is 4.79 Å². The van der Waals surface area contributed by atoms with E-state index in [1.54, 1.807) is 11.4 Å². The van der Waals surface area contributed by atoms with Crippen LogP contribution in [0.15, 0.2) is 23.6 Å². The standard InChI is InChI=1S/C15H16FN5OS.2ClH/c1-21-12-3-2-9(16)6-10(12)19-13(21)4-5-18-15(22)11-8-23-14(7-17)20-11;;/h2-3,6,8H,4-5,7,17H2,1H3,(H,18,22);2*1H. The molecular formula is C15H18Cl2FN5OS. The van der Waals surface area contributed by atoms with Crippen LogP contribution in [0, 0.1) is 5.82 Å². The van der Waals surface area contributed by atoms with Crippen LogP contribution in [0.3, 0.4) is 0 Å². The molecule has 3 rings (SSSR count). The first kappa shape index (κ1) is 21.3. The van der Waals surface area contributed by atoms with Gasteiger partial charge in [-0.25, -0.2) is 14.4 Å². The molecule has 3 N–H and O–H groups in total. The summed E-state index contributed by atoms with van der Waals surface area (Å²) in [5.74, 6) is 0.243. The van der Waals surface area contributed by atoms with Crippen molar-refractivity contribution in [3.05, 3.63) is 45.9 Å². The molecule has 1 aromatic carbocycles. The Balaban J connectivity index is 0.00000156. The van der Waals surface area contributed by atoms with Crippen LogP contribution in [0.1, 0.15) is 21.3 Å². The van der Waals surface area contributed by atoms with Crippen LogP contribution in [0.4, 0.5) is 4.39 Å². The summed E-state index contributed by atoms with van der Waals surface area (Å²) in [5, 5.41) is 5.22. The number of carbonyl (C=O) groups excluding carboxylic acids is 1. The number of thiazole rings is 1. The van der Waals surface area contributed by atoms with Crippen LogP contribution >= 0.6 is 36.2 Å². The Morgan fingerprint density at radius 3 is 2.80 bits per heavy atom. The van der Waals surface area contributed by atoms with Crippen LogP contribution in [0.2, 0.25) is 0 Å². The fourth-order valence-corrected chi connectivity index (χ4v) is 2.99. The molecule has 0 atom stereocenters. The minimum atomic E-state index is -0.310. The van der Waals surface area contributed by atoms with Crippen molar-refractivity contribution < 1.29 is 9.18 Å². The number of rotatable bonds is 5. The predicted octanol–water partition coefficient (Wildman–Crippen LogP) is 2.44. The van der Waals surface area contributed by atoms with E-state index in [1.165, 1.54) is 23.5 Å². The van der Waals surface area contributed by atoms with Gasteiger partial charge in [0.2, 0.25) is 0 Å². The van der Waals surface area contributed by atoms with Gasteiger partial charge in [-0.2, -0.15) is 0 Å². The maximum Gasteiger partial charge on any atom is 0.270 e. The van der Waals surface area contributed by atoms with Gasteiger partial charge in [0, 0.05) is 38.0 Å². The average molecular weight is 406 g/mol. The molecule has 0 bridgehead atoms. The molecule has 0 aliphatic carbocycles. The maximum atomic E-state index is 13.2. The molecule has 25 heavy (non-hydrogen) atoms. The number of aromatic nitrogens is 3. The Hall–Kier alpha value is -1.74. The van der Waals surface area contributed by atoms with Gasteiger partial charge >= 0.3 is 0 Å². The van der Waals surface area contributed by atoms with Gasteiger partial charge in [-0.15, -0.1) is 36.2 Å². The van der Waals surface area contributed by atoms with E-state index in [2.05, 4.69) is 15.3 Å². The molecule has 1 amide bonds. The monoisotopic (exact) mass is 405 g/mol. The summed E-state index contributed by atoms with van der Waals surface area (Å²) in [5.41, 5.74) is 7.33. The molecule has 2 aromatic heterocycles. The van der Waals surface area contributed by atoms with Gasteiger partial charge < -0.3 is 15.6 Å². The van der Waals surface area contributed by atoms with Crippen molar-refractivity contribution >= 4 is 53.1 Å². The second-order valence-electron chi connectivity index (χ2n) is 5.06. The van der Waals surface area contributed by atoms with E-state index in [0.29, 0.717) is 30.7 Å². The van der Waals surface area contributed by atoms with Crippen LogP contribution in [0.25, 0.3) is 11.0 Å². The van der Waals surface area contributed by atoms with Crippen molar-refractivity contribution in [1.82, 2.24) is 19.9 Å². The van der Waals surface area contributed by atoms with Crippen LogP contribution < -0.4 is 11.1 Å². The maximum absolute atomic E-state index is 13.2. The molecule has 3 aromatic rings. The summed E-state index contributed by atoms with van der Waals surface area (Å²) in [6.45, 7) is 0.752. The number of hydrogen-bond donors (Lipinski definition) is 2. The summed E-state index contributed by atoms with van der Waals surface area (Å²) >= 11 is 1.37. The highest BCUT2D eigenvalue weighted by molar-refractivity contribution is 7.09. The lowest BCUT2D eigenvalue weighted by Gasteiger charge is -2.04. The third-order valence-electron chi connectivity index (χ3n) is 3.53. The van der Waals surface area contributed by atoms with Gasteiger partial charge in [-0.05, 0) is 12.1 Å². The lowest BCUT2D eigenvalue weighted by molar-refractivity contribution is 0.0949. The topological polar surface area (TPSA) is 85.8 Å². The quantitative estimate of drug-likeness (QED) is 0.682. The molecule has 136 valence electrons. The molecule has 6 nitrogen and oxygen atoms in total. The van der Waals surface area contributed by atoms with Crippen molar-refractivity contribution in [2.24, 2.45) is 12.8 Å². The first-order chi connectivity index (χ1) is 11.1. The Labute approximate surface area is 160 Å². The Kier molecular flexibility index (Phi) is 7.75. The van der Waals surface area contributed by atoms with E-state index in [4.69, 9.17) is 5.73 Å². The number of benzene rings is 1. The number of aryl methyl sites for hydroxylation is 1. The number of hydrogen-bond acceptors (Lipinski definition) is 5. The van der Waals surface area contributed by atoms with Gasteiger partial charge in [0.25, 0.3) is 5.91 Å². The molecule has 0 spiro atoms. The third kappa shape index (κ3) is 4.66. The second kappa shape index (κ2) is 9.10. The minimum absolute atomic E-state index is 0. The molecule has 0 unspecified atom stereocenters. The normalized spacial score (nSPS) is 10.2. The van der Waals surface area contributed by atoms with E-state index in [9.17, 15) is 9.18 Å². The number of amides is 1. The SMILES string of the molecule is Cl.Cl.Cn1c(CCNC(=O)c2csc(CN)n2)nc2cc(F)ccc21. The van der Waals surface area contributed by atoms with Crippen molar-refractivity contribution in [1.29, 1.82) is 0 Å². The molecule has 0 radical (unpaired) electrons. The van der Waals surface area contributed by atoms with Gasteiger partial charge in [-0.1, -0.05) is 0 Å². The largest absolute Gasteiger partial charge is 0.350 e. The highest BCUT2D eigenvalue weighted by Crippen LogP contribution is 2.16. The molecule has 2 heterocycles. The van der Waals surface area contributed by atoms with Gasteiger partial charge in [0.05, 0.1) is 11.0 Å². The first-order valence-electron chi connectivity index (χ1n) is 7.12. The number of halogens is 3. The number of fused-ring (bicyclic) bond motifs is 1. The molecule has 0 fully saturated rings. The number of carbonyl (C=O) groups is 1. The van der Waals surface area contributed by atoms with Crippen LogP contribution in [0.5, 0.6) is 0 Å². The molecular weight excluding hydrogens is 388 g/mol. The molecule has 0 saturated heterocycles. The third-order valence-corrected chi connectivity index (χ3v) is 4.40. The second-order valence-corrected chi connectivity index (χ2v) is 6.00. The molecule has 0 aliphatic rings. The fraction of sp³-hybridized carbons (Fsp3) is 0.267. The van der Waals surface area contributed by atoms with Crippen molar-refractivity contribution in [2.75, 3.05) is 6.54 Å². The van der Waals surface area contributed by atoms with E-state index < -0.39 is 0 Å². The zero-order chi connectivity index (χ0) is 16.4. The Morgan fingerprint density at radius 2 is 2.12 bits per heavy atom. The summed E-state index contributed by atoms with van der Waals surface area (Å²) < 4.78 is 15.1. The molecule has 0 saturated carbocycles. The van der Waals surface area contributed by atoms with Crippen molar-refractivity contribution in [3.63, 3.8) is 0 Å². The summed E-state index contributed by atoms with van der Waals surface area (Å²) in [6, 6.07) is 4.51. The Morgan fingerprint density at radius 1 is 1.36 bits per heavy atom. The van der Waals surface area contributed by atoms with Gasteiger partial charge in [0.1, 0.15) is 22.3 Å². The average Bonchev–Trinajstić information content (AvgIpc) is 3.13. The first-order valence-corrected chi connectivity index (χ1v) is 8.00. The fourth-order valence-electron chi connectivity index (χ4n) is 2.33. The highest BCUT2D eigenvalue weighted by Gasteiger charge is 2.12. The number of nitrogens with zero attached hydrogens (tertiary/aromatic N) is 3. The molecule has 10 heteroatoms. The number of nitrogens with two attached hydrogens (primary N) is 1. The van der Waals surface area contributed by atoms with Crippen LogP contribution in [-0.4, -0.2) is 27.0 Å². The molecule has 0 aliphatic heterocycles. The zero-order valence-corrected chi connectivity index (χ0v) is 15.8. The Bertz CT molecular complexity index is 867. The van der Waals surface area contributed by atoms with E-state index in [1.807, 2.05) is 11.6 Å². The lowest BCUT2D eigenvalue weighted by Crippen LogP contribution is -2.26. The number of nitrogens with one attached hydrogen (secondary N) is 1. The van der Waals surface area contributed by atoms with Crippen molar-refractivity contribution in [3.8, 4) is 0 Å².